The molecule has 1 aromatic carbocycles. The van der Waals surface area contributed by atoms with Crippen molar-refractivity contribution in [2.75, 3.05) is 42.8 Å². The van der Waals surface area contributed by atoms with Gasteiger partial charge in [0.1, 0.15) is 6.04 Å². The SMILES string of the molecule is C[C@@H]1CN(c2ccc3nccc(C(=O)NCC(=O)N4CSC[C@H]4C#N)c3c2)CCCO1. The van der Waals surface area contributed by atoms with Crippen molar-refractivity contribution in [2.45, 2.75) is 25.5 Å². The van der Waals surface area contributed by atoms with Crippen LogP contribution in [0.1, 0.15) is 23.7 Å². The molecule has 2 fully saturated rings. The largest absolute Gasteiger partial charge is 0.377 e. The van der Waals surface area contributed by atoms with Crippen LogP contribution >= 0.6 is 11.8 Å². The second-order valence-corrected chi connectivity index (χ2v) is 8.73. The number of hydrogen-bond donors (Lipinski definition) is 1. The van der Waals surface area contributed by atoms with Gasteiger partial charge in [0.2, 0.25) is 5.91 Å². The lowest BCUT2D eigenvalue weighted by Gasteiger charge is -2.24. The zero-order chi connectivity index (χ0) is 21.8. The summed E-state index contributed by atoms with van der Waals surface area (Å²) in [5, 5.41) is 12.6. The van der Waals surface area contributed by atoms with Crippen molar-refractivity contribution in [3.05, 3.63) is 36.0 Å². The Balaban J connectivity index is 1.52. The van der Waals surface area contributed by atoms with E-state index in [0.717, 1.165) is 42.7 Å². The van der Waals surface area contributed by atoms with Gasteiger partial charge in [-0.25, -0.2) is 0 Å². The maximum Gasteiger partial charge on any atom is 0.252 e. The molecular weight excluding hydrogens is 414 g/mol. The van der Waals surface area contributed by atoms with Crippen molar-refractivity contribution in [1.82, 2.24) is 15.2 Å². The number of carbonyl (C=O) groups is 2. The highest BCUT2D eigenvalue weighted by Gasteiger charge is 2.29. The van der Waals surface area contributed by atoms with Gasteiger partial charge in [-0.3, -0.25) is 14.6 Å². The summed E-state index contributed by atoms with van der Waals surface area (Å²) in [5.41, 5.74) is 2.22. The van der Waals surface area contributed by atoms with Gasteiger partial charge in [0.25, 0.3) is 5.91 Å². The van der Waals surface area contributed by atoms with Crippen LogP contribution in [0.4, 0.5) is 5.69 Å². The van der Waals surface area contributed by atoms with Gasteiger partial charge < -0.3 is 19.9 Å². The normalized spacial score (nSPS) is 21.5. The molecule has 0 radical (unpaired) electrons. The smallest absolute Gasteiger partial charge is 0.252 e. The van der Waals surface area contributed by atoms with E-state index in [0.29, 0.717) is 17.2 Å². The Bertz CT molecular complexity index is 1020. The number of nitrogens with zero attached hydrogens (tertiary/aromatic N) is 4. The van der Waals surface area contributed by atoms with Crippen LogP contribution in [0.3, 0.4) is 0 Å². The molecule has 1 aromatic heterocycles. The summed E-state index contributed by atoms with van der Waals surface area (Å²) in [7, 11) is 0. The van der Waals surface area contributed by atoms with Crippen LogP contribution in [-0.4, -0.2) is 71.7 Å². The summed E-state index contributed by atoms with van der Waals surface area (Å²) in [5.74, 6) is 0.508. The van der Waals surface area contributed by atoms with E-state index in [2.05, 4.69) is 28.2 Å². The zero-order valence-electron chi connectivity index (χ0n) is 17.4. The van der Waals surface area contributed by atoms with Crippen molar-refractivity contribution in [2.24, 2.45) is 0 Å². The number of benzene rings is 1. The number of ether oxygens (including phenoxy) is 1. The molecule has 4 rings (SSSR count). The molecule has 2 aromatic rings. The third-order valence-electron chi connectivity index (χ3n) is 5.54. The standard InChI is InChI=1S/C22H25N5O3S/c1-15-12-26(7-2-8-30-15)16-3-4-20-19(9-16)18(5-6-24-20)22(29)25-11-21(28)27-14-31-13-17(27)10-23/h3-6,9,15,17H,2,7-8,11-14H2,1H3,(H,25,29)/t15-,17-/m1/s1. The van der Waals surface area contributed by atoms with Crippen LogP contribution in [0.2, 0.25) is 0 Å². The van der Waals surface area contributed by atoms with E-state index in [4.69, 9.17) is 10.00 Å². The molecule has 0 saturated carbocycles. The third-order valence-corrected chi connectivity index (χ3v) is 6.55. The number of amides is 2. The number of rotatable bonds is 4. The van der Waals surface area contributed by atoms with E-state index in [9.17, 15) is 9.59 Å². The highest BCUT2D eigenvalue weighted by Crippen LogP contribution is 2.25. The van der Waals surface area contributed by atoms with Gasteiger partial charge in [0.15, 0.2) is 0 Å². The Hall–Kier alpha value is -2.83. The molecule has 0 spiro atoms. The first-order chi connectivity index (χ1) is 15.1. The van der Waals surface area contributed by atoms with E-state index < -0.39 is 6.04 Å². The summed E-state index contributed by atoms with van der Waals surface area (Å²) >= 11 is 1.54. The number of carbonyl (C=O) groups excluding carboxylic acids is 2. The van der Waals surface area contributed by atoms with Crippen LogP contribution < -0.4 is 10.2 Å². The number of anilines is 1. The number of thioether (sulfide) groups is 1. The van der Waals surface area contributed by atoms with Crippen molar-refractivity contribution in [3.63, 3.8) is 0 Å². The Kier molecular flexibility index (Phi) is 6.59. The molecule has 3 heterocycles. The summed E-state index contributed by atoms with van der Waals surface area (Å²) in [6.07, 6.45) is 2.69. The second kappa shape index (κ2) is 9.54. The van der Waals surface area contributed by atoms with Gasteiger partial charge in [-0.15, -0.1) is 11.8 Å². The lowest BCUT2D eigenvalue weighted by Crippen LogP contribution is -2.42. The molecule has 0 aliphatic carbocycles. The van der Waals surface area contributed by atoms with E-state index in [1.165, 1.54) is 4.90 Å². The number of pyridine rings is 1. The van der Waals surface area contributed by atoms with E-state index in [1.54, 1.807) is 24.0 Å². The average molecular weight is 440 g/mol. The molecule has 162 valence electrons. The lowest BCUT2D eigenvalue weighted by molar-refractivity contribution is -0.129. The summed E-state index contributed by atoms with van der Waals surface area (Å²) in [6.45, 7) is 4.35. The molecular formula is C22H25N5O3S. The minimum absolute atomic E-state index is 0.137. The first kappa shape index (κ1) is 21.4. The Labute approximate surface area is 185 Å². The summed E-state index contributed by atoms with van der Waals surface area (Å²) in [4.78, 5) is 33.5. The van der Waals surface area contributed by atoms with Crippen LogP contribution in [0.5, 0.6) is 0 Å². The fraction of sp³-hybridized carbons (Fsp3) is 0.455. The fourth-order valence-electron chi connectivity index (χ4n) is 3.91. The maximum atomic E-state index is 12.9. The van der Waals surface area contributed by atoms with Gasteiger partial charge in [-0.2, -0.15) is 5.26 Å². The van der Waals surface area contributed by atoms with Crippen molar-refractivity contribution >= 4 is 40.2 Å². The monoisotopic (exact) mass is 439 g/mol. The number of nitrogens with one attached hydrogen (secondary N) is 1. The zero-order valence-corrected chi connectivity index (χ0v) is 18.2. The van der Waals surface area contributed by atoms with E-state index in [1.807, 2.05) is 18.2 Å². The van der Waals surface area contributed by atoms with E-state index >= 15 is 0 Å². The van der Waals surface area contributed by atoms with Crippen LogP contribution in [0.25, 0.3) is 10.9 Å². The number of fused-ring (bicyclic) bond motifs is 1. The van der Waals surface area contributed by atoms with Gasteiger partial charge in [0, 0.05) is 42.7 Å². The first-order valence-corrected chi connectivity index (χ1v) is 11.5. The minimum Gasteiger partial charge on any atom is -0.377 e. The molecule has 8 nitrogen and oxygen atoms in total. The van der Waals surface area contributed by atoms with Crippen LogP contribution in [0, 0.1) is 11.3 Å². The van der Waals surface area contributed by atoms with Gasteiger partial charge in [-0.1, -0.05) is 0 Å². The van der Waals surface area contributed by atoms with Gasteiger partial charge in [0.05, 0.1) is 35.7 Å². The molecule has 2 saturated heterocycles. The van der Waals surface area contributed by atoms with E-state index in [-0.39, 0.29) is 24.5 Å². The van der Waals surface area contributed by atoms with Crippen molar-refractivity contribution < 1.29 is 14.3 Å². The van der Waals surface area contributed by atoms with Crippen molar-refractivity contribution in [1.29, 1.82) is 5.26 Å². The van der Waals surface area contributed by atoms with Crippen LogP contribution in [-0.2, 0) is 9.53 Å². The van der Waals surface area contributed by atoms with Gasteiger partial charge in [-0.05, 0) is 37.6 Å². The molecule has 2 amide bonds. The molecule has 1 N–H and O–H groups in total. The first-order valence-electron chi connectivity index (χ1n) is 10.4. The van der Waals surface area contributed by atoms with Crippen LogP contribution in [0.15, 0.2) is 30.5 Å². The second-order valence-electron chi connectivity index (χ2n) is 7.73. The minimum atomic E-state index is -0.432. The Morgan fingerprint density at radius 3 is 3.10 bits per heavy atom. The quantitative estimate of drug-likeness (QED) is 0.778. The summed E-state index contributed by atoms with van der Waals surface area (Å²) < 4.78 is 5.74. The predicted molar refractivity (Wildman–Crippen MR) is 120 cm³/mol. The summed E-state index contributed by atoms with van der Waals surface area (Å²) in [6, 6.07) is 9.30. The fourth-order valence-corrected chi connectivity index (χ4v) is 5.01. The predicted octanol–water partition coefficient (Wildman–Crippen LogP) is 2.00. The highest BCUT2D eigenvalue weighted by atomic mass is 32.2. The number of aromatic nitrogens is 1. The van der Waals surface area contributed by atoms with Crippen molar-refractivity contribution in [3.8, 4) is 6.07 Å². The maximum absolute atomic E-state index is 12.9. The molecule has 2 aliphatic heterocycles. The topological polar surface area (TPSA) is 98.6 Å². The molecule has 2 aliphatic rings. The lowest BCUT2D eigenvalue weighted by atomic mass is 10.1. The number of nitriles is 1. The Morgan fingerprint density at radius 1 is 1.39 bits per heavy atom. The molecule has 2 atom stereocenters. The average Bonchev–Trinajstić information content (AvgIpc) is 3.17. The van der Waals surface area contributed by atoms with Gasteiger partial charge >= 0.3 is 0 Å². The molecule has 9 heteroatoms. The number of hydrogen-bond acceptors (Lipinski definition) is 7. The third kappa shape index (κ3) is 4.75. The molecule has 0 unspecified atom stereocenters. The molecule has 0 bridgehead atoms. The molecule has 31 heavy (non-hydrogen) atoms. The highest BCUT2D eigenvalue weighted by molar-refractivity contribution is 7.99. The Morgan fingerprint density at radius 2 is 2.26 bits per heavy atom.